The van der Waals surface area contributed by atoms with E-state index in [0.29, 0.717) is 11.4 Å². The summed E-state index contributed by atoms with van der Waals surface area (Å²) in [6.07, 6.45) is -15.4. The fourth-order valence-corrected chi connectivity index (χ4v) is 5.72. The Bertz CT molecular complexity index is 1260. The predicted molar refractivity (Wildman–Crippen MR) is 185 cm³/mol. The van der Waals surface area contributed by atoms with Gasteiger partial charge in [0.25, 0.3) is 0 Å². The van der Waals surface area contributed by atoms with Gasteiger partial charge in [0.15, 0.2) is 0 Å². The molecule has 1 aromatic rings. The Morgan fingerprint density at radius 1 is 0.643 bits per heavy atom. The van der Waals surface area contributed by atoms with Crippen LogP contribution in [-0.2, 0) is 54.1 Å². The quantitative estimate of drug-likeness (QED) is 0.0482. The molecule has 2 unspecified atom stereocenters. The first-order chi connectivity index (χ1) is 26.0. The number of hydrogen-bond donors (Lipinski definition) is 14. The molecule has 2 rings (SSSR count). The van der Waals surface area contributed by atoms with Crippen molar-refractivity contribution in [3.8, 4) is 0 Å². The summed E-state index contributed by atoms with van der Waals surface area (Å²) in [5.74, 6) is -3.82. The first kappa shape index (κ1) is 51.0. The van der Waals surface area contributed by atoms with Crippen LogP contribution in [0.3, 0.4) is 0 Å². The summed E-state index contributed by atoms with van der Waals surface area (Å²) in [6.45, 7) is -2.65. The van der Waals surface area contributed by atoms with Gasteiger partial charge in [-0.05, 0) is 25.0 Å². The van der Waals surface area contributed by atoms with Crippen molar-refractivity contribution in [3.63, 3.8) is 0 Å². The second-order valence-corrected chi connectivity index (χ2v) is 13.2. The van der Waals surface area contributed by atoms with Gasteiger partial charge in [0.2, 0.25) is 11.8 Å². The normalized spacial score (nSPS) is 19.8. The number of carbonyl (C=O) groups excluding carboxylic acids is 2. The fraction of sp³-hybridized carbons (Fsp3) is 0.727. The Balaban J connectivity index is 0.0000157. The van der Waals surface area contributed by atoms with Crippen LogP contribution in [0.25, 0.3) is 0 Å². The molecule has 0 saturated heterocycles. The van der Waals surface area contributed by atoms with Gasteiger partial charge in [-0.3, -0.25) is 34.0 Å². The number of pyridine rings is 1. The number of carbonyl (C=O) groups is 4. The summed E-state index contributed by atoms with van der Waals surface area (Å²) < 4.78 is 5.75. The van der Waals surface area contributed by atoms with Gasteiger partial charge in [0, 0.05) is 69.2 Å². The number of ether oxygens (including phenoxy) is 1. The van der Waals surface area contributed by atoms with Crippen molar-refractivity contribution in [3.05, 3.63) is 29.6 Å². The van der Waals surface area contributed by atoms with E-state index in [0.717, 1.165) is 0 Å². The van der Waals surface area contributed by atoms with Crippen molar-refractivity contribution in [2.75, 3.05) is 52.6 Å². The van der Waals surface area contributed by atoms with Crippen molar-refractivity contribution >= 4 is 23.8 Å². The molecule has 0 fully saturated rings. The van der Waals surface area contributed by atoms with Crippen molar-refractivity contribution in [2.45, 2.75) is 99.7 Å². The summed E-state index contributed by atoms with van der Waals surface area (Å²) in [4.78, 5) is 57.5. The van der Waals surface area contributed by atoms with Gasteiger partial charge in [-0.25, -0.2) is 0 Å². The maximum Gasteiger partial charge on any atom is 0.320 e. The number of aliphatic hydroxyl groups is 10. The monoisotopic (exact) mass is 848 g/mol. The Morgan fingerprint density at radius 3 is 1.34 bits per heavy atom. The molecule has 56 heavy (non-hydrogen) atoms. The summed E-state index contributed by atoms with van der Waals surface area (Å²) in [7, 11) is 0. The van der Waals surface area contributed by atoms with Crippen LogP contribution in [0.1, 0.15) is 37.1 Å². The smallest absolute Gasteiger partial charge is 0.320 e. The number of rotatable bonds is 22. The van der Waals surface area contributed by atoms with E-state index in [1.165, 1.54) is 0 Å². The number of hydrogen-bond acceptors (Lipinski definition) is 18. The maximum absolute atomic E-state index is 12.5. The predicted octanol–water partition coefficient (Wildman–Crippen LogP) is -6.72. The summed E-state index contributed by atoms with van der Waals surface area (Å²) >= 11 is 0. The molecule has 14 N–H and O–H groups in total. The minimum Gasteiger partial charge on any atom is -0.480 e. The van der Waals surface area contributed by atoms with Crippen LogP contribution in [0, 0.1) is 0 Å². The number of nitrogens with zero attached hydrogens (tertiary/aromatic N) is 3. The SMILES string of the molecule is O=C(CCC(C(=O)O)N1CCOCCN(C(CCC(=O)NC[C@H](O)[C@@H](O)[C@H](O)[C@H](O)CO)C(=O)O)Cc2cccc(n2)C1)NC[C@H](O)[C@@H](O)[C@H](O)[C@H](O)CO.[Mn]. The van der Waals surface area contributed by atoms with E-state index in [4.69, 9.17) is 14.9 Å². The number of carboxylic acid groups (broad SMARTS) is 2. The molecule has 0 aromatic carbocycles. The van der Waals surface area contributed by atoms with E-state index in [2.05, 4.69) is 15.6 Å². The zero-order chi connectivity index (χ0) is 41.2. The first-order valence-electron chi connectivity index (χ1n) is 17.7. The van der Waals surface area contributed by atoms with Crippen LogP contribution in [0.4, 0.5) is 0 Å². The van der Waals surface area contributed by atoms with Crippen LogP contribution in [0.2, 0.25) is 0 Å². The van der Waals surface area contributed by atoms with Gasteiger partial charge in [0.05, 0.1) is 50.0 Å². The molecule has 0 aliphatic carbocycles. The standard InChI is InChI=1S/C33H55N5O17.Mn/c39-16-24(43)30(49)28(47)22(41)12-34-26(45)6-4-20(32(51)52)37-8-10-55-11-9-38(15-19-3-1-2-18(14-37)36-19)21(33(53)54)5-7-27(46)35-13-23(42)29(48)31(50)25(44)17-40;/h1-3,20-25,28-31,39-44,47-50H,4-17H2,(H,34,45)(H,35,46)(H,51,52)(H,53,54);/t20?,21?,22-,23-,24+,25+,28+,29+,30+,31+;/m0./s1. The second kappa shape index (κ2) is 26.1. The molecular weight excluding hydrogens is 793 g/mol. The topological polar surface area (TPSA) is 364 Å². The molecule has 321 valence electrons. The zero-order valence-electron chi connectivity index (χ0n) is 30.5. The second-order valence-electron chi connectivity index (χ2n) is 13.2. The number of aromatic nitrogens is 1. The van der Waals surface area contributed by atoms with Gasteiger partial charge in [0.1, 0.15) is 48.7 Å². The average Bonchev–Trinajstić information content (AvgIpc) is 3.16. The van der Waals surface area contributed by atoms with E-state index in [9.17, 15) is 70.2 Å². The molecule has 0 spiro atoms. The van der Waals surface area contributed by atoms with Gasteiger partial charge in [-0.1, -0.05) is 6.07 Å². The number of nitrogens with one attached hydrogen (secondary N) is 2. The van der Waals surface area contributed by atoms with Gasteiger partial charge in [-0.15, -0.1) is 0 Å². The molecule has 2 heterocycles. The van der Waals surface area contributed by atoms with Crippen LogP contribution in [0.15, 0.2) is 18.2 Å². The van der Waals surface area contributed by atoms with E-state index < -0.39 is 111 Å². The number of aliphatic carboxylic acids is 2. The van der Waals surface area contributed by atoms with Crippen molar-refractivity contribution < 1.29 is 102 Å². The molecule has 0 saturated carbocycles. The van der Waals surface area contributed by atoms with E-state index >= 15 is 0 Å². The number of amides is 2. The molecular formula is C33H55MnN5O17. The van der Waals surface area contributed by atoms with Crippen LogP contribution >= 0.6 is 0 Å². The van der Waals surface area contributed by atoms with E-state index in [-0.39, 0.29) is 82.1 Å². The minimum absolute atomic E-state index is 0. The first-order valence-corrected chi connectivity index (χ1v) is 17.7. The van der Waals surface area contributed by atoms with Crippen molar-refractivity contribution in [1.29, 1.82) is 0 Å². The molecule has 1 aliphatic rings. The number of fused-ring (bicyclic) bond motifs is 2. The van der Waals surface area contributed by atoms with Gasteiger partial charge in [-0.2, -0.15) is 0 Å². The molecule has 1 aromatic heterocycles. The molecule has 22 nitrogen and oxygen atoms in total. The number of aliphatic hydroxyl groups excluding tert-OH is 10. The molecule has 23 heteroatoms. The third-order valence-electron chi connectivity index (χ3n) is 9.05. The largest absolute Gasteiger partial charge is 0.480 e. The van der Waals surface area contributed by atoms with Crippen LogP contribution < -0.4 is 10.6 Å². The Labute approximate surface area is 332 Å². The Morgan fingerprint density at radius 2 is 1.00 bits per heavy atom. The molecule has 2 bridgehead atoms. The summed E-state index contributed by atoms with van der Waals surface area (Å²) in [6, 6.07) is 2.56. The zero-order valence-corrected chi connectivity index (χ0v) is 31.7. The third-order valence-corrected chi connectivity index (χ3v) is 9.05. The maximum atomic E-state index is 12.5. The fourth-order valence-electron chi connectivity index (χ4n) is 5.72. The van der Waals surface area contributed by atoms with Crippen LogP contribution in [0.5, 0.6) is 0 Å². The van der Waals surface area contributed by atoms with Gasteiger partial charge < -0.3 is 76.6 Å². The van der Waals surface area contributed by atoms with E-state index in [1.54, 1.807) is 28.0 Å². The van der Waals surface area contributed by atoms with Gasteiger partial charge >= 0.3 is 11.9 Å². The van der Waals surface area contributed by atoms with Crippen molar-refractivity contribution in [1.82, 2.24) is 25.4 Å². The average molecular weight is 849 g/mol. The molecule has 1 aliphatic heterocycles. The van der Waals surface area contributed by atoms with Crippen molar-refractivity contribution in [2.24, 2.45) is 0 Å². The molecule has 10 atom stereocenters. The number of carboxylic acids is 2. The summed E-state index contributed by atoms with van der Waals surface area (Å²) in [5.41, 5.74) is 0.858. The Kier molecular flexibility index (Phi) is 23.8. The third kappa shape index (κ3) is 16.9. The molecule has 1 radical (unpaired) electrons. The minimum atomic E-state index is -1.89. The van der Waals surface area contributed by atoms with Crippen LogP contribution in [-0.4, -0.2) is 213 Å². The Hall–Kier alpha value is -2.97. The molecule has 2 amide bonds. The van der Waals surface area contributed by atoms with E-state index in [1.807, 2.05) is 0 Å². The summed E-state index contributed by atoms with van der Waals surface area (Å²) in [5, 5.41) is 121.